The van der Waals surface area contributed by atoms with Gasteiger partial charge in [-0.2, -0.15) is 0 Å². The topological polar surface area (TPSA) is 41.1 Å². The van der Waals surface area contributed by atoms with Crippen LogP contribution in [-0.2, 0) is 12.8 Å². The molecule has 2 aliphatic heterocycles. The zero-order chi connectivity index (χ0) is 16.5. The van der Waals surface area contributed by atoms with Crippen LogP contribution in [0.3, 0.4) is 0 Å². The lowest BCUT2D eigenvalue weighted by Gasteiger charge is -2.25. The SMILES string of the molecule is CC1=CC=C(c2nc(N3CCCC3C)nc3c2CCNCC3)CC1. The molecule has 1 fully saturated rings. The van der Waals surface area contributed by atoms with E-state index >= 15 is 0 Å². The van der Waals surface area contributed by atoms with Crippen LogP contribution in [0.1, 0.15) is 56.5 Å². The van der Waals surface area contributed by atoms with Crippen molar-refractivity contribution in [3.05, 3.63) is 34.7 Å². The van der Waals surface area contributed by atoms with Gasteiger partial charge in [0.2, 0.25) is 5.95 Å². The number of hydrogen-bond donors (Lipinski definition) is 1. The first-order valence-electron chi connectivity index (χ1n) is 9.46. The van der Waals surface area contributed by atoms with Crippen molar-refractivity contribution < 1.29 is 0 Å². The average molecular weight is 324 g/mol. The van der Waals surface area contributed by atoms with Crippen LogP contribution in [-0.4, -0.2) is 35.6 Å². The van der Waals surface area contributed by atoms with Gasteiger partial charge < -0.3 is 10.2 Å². The van der Waals surface area contributed by atoms with Crippen LogP contribution in [0.4, 0.5) is 5.95 Å². The molecule has 0 radical (unpaired) electrons. The maximum atomic E-state index is 5.10. The van der Waals surface area contributed by atoms with E-state index in [1.54, 1.807) is 0 Å². The number of allylic oxidation sites excluding steroid dienone is 4. The van der Waals surface area contributed by atoms with Crippen LogP contribution in [0.25, 0.3) is 5.57 Å². The predicted octanol–water partition coefficient (Wildman–Crippen LogP) is 3.28. The Hall–Kier alpha value is -1.68. The Kier molecular flexibility index (Phi) is 4.40. The van der Waals surface area contributed by atoms with Gasteiger partial charge in [0.15, 0.2) is 0 Å². The minimum atomic E-state index is 0.558. The molecular weight excluding hydrogens is 296 g/mol. The highest BCUT2D eigenvalue weighted by Crippen LogP contribution is 2.32. The first-order chi connectivity index (χ1) is 11.7. The van der Waals surface area contributed by atoms with E-state index < -0.39 is 0 Å². The van der Waals surface area contributed by atoms with Crippen LogP contribution in [0.15, 0.2) is 17.7 Å². The number of rotatable bonds is 2. The lowest BCUT2D eigenvalue weighted by Crippen LogP contribution is -2.29. The predicted molar refractivity (Wildman–Crippen MR) is 99.3 cm³/mol. The lowest BCUT2D eigenvalue weighted by molar-refractivity contribution is 0.703. The summed E-state index contributed by atoms with van der Waals surface area (Å²) in [5, 5.41) is 3.52. The Balaban J connectivity index is 1.80. The maximum Gasteiger partial charge on any atom is 0.226 e. The van der Waals surface area contributed by atoms with Gasteiger partial charge in [0.05, 0.1) is 11.4 Å². The van der Waals surface area contributed by atoms with Crippen molar-refractivity contribution in [2.24, 2.45) is 0 Å². The van der Waals surface area contributed by atoms with Crippen molar-refractivity contribution in [3.8, 4) is 0 Å². The zero-order valence-electron chi connectivity index (χ0n) is 14.9. The Bertz CT molecular complexity index is 689. The molecule has 4 heteroatoms. The molecule has 3 heterocycles. The van der Waals surface area contributed by atoms with Crippen LogP contribution < -0.4 is 10.2 Å². The zero-order valence-corrected chi connectivity index (χ0v) is 14.9. The van der Waals surface area contributed by atoms with Gasteiger partial charge in [-0.25, -0.2) is 9.97 Å². The highest BCUT2D eigenvalue weighted by atomic mass is 15.3. The van der Waals surface area contributed by atoms with Gasteiger partial charge in [-0.15, -0.1) is 0 Å². The van der Waals surface area contributed by atoms with Gasteiger partial charge in [0.1, 0.15) is 0 Å². The molecule has 1 aliphatic carbocycles. The summed E-state index contributed by atoms with van der Waals surface area (Å²) in [5.74, 6) is 0.961. The standard InChI is InChI=1S/C20H28N4/c1-14-5-7-16(8-6-14)19-17-9-11-21-12-10-18(17)22-20(23-19)24-13-3-4-15(24)2/h5,7,15,21H,3-4,6,8-13H2,1-2H3. The molecule has 1 atom stereocenters. The molecule has 24 heavy (non-hydrogen) atoms. The number of nitrogens with zero attached hydrogens (tertiary/aromatic N) is 3. The summed E-state index contributed by atoms with van der Waals surface area (Å²) in [6.07, 6.45) is 11.4. The van der Waals surface area contributed by atoms with Crippen molar-refractivity contribution in [2.75, 3.05) is 24.5 Å². The molecule has 4 nitrogen and oxygen atoms in total. The highest BCUT2D eigenvalue weighted by molar-refractivity contribution is 5.70. The third-order valence-corrected chi connectivity index (χ3v) is 5.64. The molecule has 0 bridgehead atoms. The second kappa shape index (κ2) is 6.67. The molecule has 1 N–H and O–H groups in total. The smallest absolute Gasteiger partial charge is 0.226 e. The van der Waals surface area contributed by atoms with E-state index in [0.29, 0.717) is 6.04 Å². The lowest BCUT2D eigenvalue weighted by atomic mass is 9.93. The molecule has 4 rings (SSSR count). The number of nitrogens with one attached hydrogen (secondary N) is 1. The Morgan fingerprint density at radius 2 is 1.96 bits per heavy atom. The third-order valence-electron chi connectivity index (χ3n) is 5.64. The van der Waals surface area contributed by atoms with E-state index in [9.17, 15) is 0 Å². The Morgan fingerprint density at radius 3 is 2.71 bits per heavy atom. The summed E-state index contributed by atoms with van der Waals surface area (Å²) in [4.78, 5) is 12.5. The maximum absolute atomic E-state index is 5.10. The molecule has 3 aliphatic rings. The fourth-order valence-electron chi connectivity index (χ4n) is 4.10. The van der Waals surface area contributed by atoms with E-state index in [0.717, 1.165) is 51.3 Å². The summed E-state index contributed by atoms with van der Waals surface area (Å²) in [5.41, 5.74) is 6.74. The Labute approximate surface area is 145 Å². The fourth-order valence-corrected chi connectivity index (χ4v) is 4.10. The summed E-state index contributed by atoms with van der Waals surface area (Å²) in [7, 11) is 0. The van der Waals surface area contributed by atoms with Gasteiger partial charge in [0, 0.05) is 31.1 Å². The van der Waals surface area contributed by atoms with Gasteiger partial charge >= 0.3 is 0 Å². The van der Waals surface area contributed by atoms with Gasteiger partial charge in [-0.3, -0.25) is 0 Å². The van der Waals surface area contributed by atoms with Crippen molar-refractivity contribution in [3.63, 3.8) is 0 Å². The number of fused-ring (bicyclic) bond motifs is 1. The Morgan fingerprint density at radius 1 is 1.08 bits per heavy atom. The van der Waals surface area contributed by atoms with E-state index in [4.69, 9.17) is 9.97 Å². The fraction of sp³-hybridized carbons (Fsp3) is 0.600. The van der Waals surface area contributed by atoms with Gasteiger partial charge in [-0.1, -0.05) is 17.7 Å². The van der Waals surface area contributed by atoms with Crippen LogP contribution in [0.2, 0.25) is 0 Å². The first kappa shape index (κ1) is 15.8. The molecule has 1 saturated heterocycles. The third kappa shape index (κ3) is 3.00. The minimum Gasteiger partial charge on any atom is -0.338 e. The summed E-state index contributed by atoms with van der Waals surface area (Å²) in [6.45, 7) is 7.67. The summed E-state index contributed by atoms with van der Waals surface area (Å²) < 4.78 is 0. The van der Waals surface area contributed by atoms with Gasteiger partial charge in [-0.05, 0) is 58.1 Å². The van der Waals surface area contributed by atoms with Crippen molar-refractivity contribution in [1.29, 1.82) is 0 Å². The van der Waals surface area contributed by atoms with E-state index in [1.165, 1.54) is 40.9 Å². The first-order valence-corrected chi connectivity index (χ1v) is 9.46. The van der Waals surface area contributed by atoms with E-state index in [2.05, 4.69) is 36.2 Å². The molecule has 0 aromatic carbocycles. The number of anilines is 1. The molecule has 1 aromatic rings. The normalized spacial score (nSPS) is 24.2. The largest absolute Gasteiger partial charge is 0.338 e. The van der Waals surface area contributed by atoms with Crippen molar-refractivity contribution in [2.45, 2.75) is 58.4 Å². The monoisotopic (exact) mass is 324 g/mol. The second-order valence-electron chi connectivity index (χ2n) is 7.44. The second-order valence-corrected chi connectivity index (χ2v) is 7.44. The molecule has 1 unspecified atom stereocenters. The van der Waals surface area contributed by atoms with E-state index in [1.807, 2.05) is 0 Å². The van der Waals surface area contributed by atoms with E-state index in [-0.39, 0.29) is 0 Å². The summed E-state index contributed by atoms with van der Waals surface area (Å²) in [6, 6.07) is 0.558. The molecule has 0 saturated carbocycles. The van der Waals surface area contributed by atoms with Crippen molar-refractivity contribution in [1.82, 2.24) is 15.3 Å². The average Bonchev–Trinajstić information content (AvgIpc) is 2.88. The molecule has 128 valence electrons. The summed E-state index contributed by atoms with van der Waals surface area (Å²) >= 11 is 0. The molecule has 1 aromatic heterocycles. The van der Waals surface area contributed by atoms with Crippen LogP contribution in [0, 0.1) is 0 Å². The minimum absolute atomic E-state index is 0.558. The van der Waals surface area contributed by atoms with Crippen LogP contribution >= 0.6 is 0 Å². The van der Waals surface area contributed by atoms with Gasteiger partial charge in [0.25, 0.3) is 0 Å². The highest BCUT2D eigenvalue weighted by Gasteiger charge is 2.26. The number of hydrogen-bond acceptors (Lipinski definition) is 4. The van der Waals surface area contributed by atoms with Crippen LogP contribution in [0.5, 0.6) is 0 Å². The molecule has 0 spiro atoms. The molecule has 0 amide bonds. The molecular formula is C20H28N4. The quantitative estimate of drug-likeness (QED) is 0.906. The number of aromatic nitrogens is 2. The van der Waals surface area contributed by atoms with Crippen molar-refractivity contribution >= 4 is 11.5 Å².